The highest BCUT2D eigenvalue weighted by atomic mass is 16.5. The normalized spacial score (nSPS) is 11.9. The van der Waals surface area contributed by atoms with Crippen molar-refractivity contribution in [3.8, 4) is 0 Å². The van der Waals surface area contributed by atoms with Crippen LogP contribution in [-0.2, 0) is 19.1 Å². The molecule has 0 aromatic rings. The van der Waals surface area contributed by atoms with Gasteiger partial charge >= 0.3 is 11.9 Å². The summed E-state index contributed by atoms with van der Waals surface area (Å²) in [4.78, 5) is 22.1. The van der Waals surface area contributed by atoms with Crippen molar-refractivity contribution in [3.63, 3.8) is 0 Å². The van der Waals surface area contributed by atoms with Gasteiger partial charge in [-0.3, -0.25) is 9.59 Å². The third-order valence-electron chi connectivity index (χ3n) is 1.85. The molecule has 1 unspecified atom stereocenters. The van der Waals surface area contributed by atoms with Crippen molar-refractivity contribution >= 4 is 11.9 Å². The van der Waals surface area contributed by atoms with Crippen LogP contribution < -0.4 is 0 Å². The van der Waals surface area contributed by atoms with Gasteiger partial charge in [0, 0.05) is 0 Å². The summed E-state index contributed by atoms with van der Waals surface area (Å²) < 4.78 is 9.39. The second-order valence-electron chi connectivity index (χ2n) is 3.20. The van der Waals surface area contributed by atoms with Gasteiger partial charge in [-0.15, -0.1) is 0 Å². The predicted octanol–water partition coefficient (Wildman–Crippen LogP) is 1.53. The Morgan fingerprint density at radius 1 is 1.36 bits per heavy atom. The van der Waals surface area contributed by atoms with Gasteiger partial charge in [0.1, 0.15) is 0 Å². The fourth-order valence-electron chi connectivity index (χ4n) is 0.876. The van der Waals surface area contributed by atoms with E-state index in [9.17, 15) is 9.59 Å². The zero-order valence-electron chi connectivity index (χ0n) is 9.04. The molecule has 0 rings (SSSR count). The van der Waals surface area contributed by atoms with Gasteiger partial charge in [0.05, 0.1) is 26.1 Å². The van der Waals surface area contributed by atoms with Gasteiger partial charge in [0.2, 0.25) is 0 Å². The number of carbonyl (C=O) groups is 2. The summed E-state index contributed by atoms with van der Waals surface area (Å²) in [6.45, 7) is 4.11. The third-order valence-corrected chi connectivity index (χ3v) is 1.85. The molecule has 4 nitrogen and oxygen atoms in total. The van der Waals surface area contributed by atoms with Crippen LogP contribution in [-0.4, -0.2) is 25.7 Å². The average Bonchev–Trinajstić information content (AvgIpc) is 2.17. The lowest BCUT2D eigenvalue weighted by molar-refractivity contribution is -0.153. The summed E-state index contributed by atoms with van der Waals surface area (Å²) >= 11 is 0. The first-order chi connectivity index (χ1) is 6.61. The highest BCUT2D eigenvalue weighted by Crippen LogP contribution is 2.06. The molecular formula is C10H18O4. The van der Waals surface area contributed by atoms with Gasteiger partial charge in [0.25, 0.3) is 0 Å². The van der Waals surface area contributed by atoms with Gasteiger partial charge < -0.3 is 9.47 Å². The number of methoxy groups -OCH3 is 1. The molecule has 0 aromatic carbocycles. The Labute approximate surface area is 84.6 Å². The van der Waals surface area contributed by atoms with E-state index in [4.69, 9.17) is 4.74 Å². The van der Waals surface area contributed by atoms with Gasteiger partial charge in [0.15, 0.2) is 0 Å². The quantitative estimate of drug-likeness (QED) is 0.484. The first-order valence-corrected chi connectivity index (χ1v) is 4.85. The second-order valence-corrected chi connectivity index (χ2v) is 3.20. The molecule has 0 radical (unpaired) electrons. The highest BCUT2D eigenvalue weighted by molar-refractivity contribution is 5.79. The molecule has 0 spiro atoms. The first kappa shape index (κ1) is 12.9. The molecule has 0 heterocycles. The van der Waals surface area contributed by atoms with Crippen molar-refractivity contribution in [1.29, 1.82) is 0 Å². The Bertz CT molecular complexity index is 189. The van der Waals surface area contributed by atoms with E-state index >= 15 is 0 Å². The number of esters is 2. The molecule has 0 aliphatic carbocycles. The molecule has 0 aromatic heterocycles. The van der Waals surface area contributed by atoms with Crippen molar-refractivity contribution in [2.24, 2.45) is 5.92 Å². The Hall–Kier alpha value is -1.06. The van der Waals surface area contributed by atoms with E-state index in [0.29, 0.717) is 6.61 Å². The van der Waals surface area contributed by atoms with Gasteiger partial charge in [-0.2, -0.15) is 0 Å². The van der Waals surface area contributed by atoms with Crippen LogP contribution in [0.2, 0.25) is 0 Å². The van der Waals surface area contributed by atoms with E-state index in [1.54, 1.807) is 6.92 Å². The first-order valence-electron chi connectivity index (χ1n) is 4.85. The van der Waals surface area contributed by atoms with Crippen LogP contribution in [0, 0.1) is 5.92 Å². The number of unbranched alkanes of at least 4 members (excludes halogenated alkanes) is 1. The number of carbonyl (C=O) groups excluding carboxylic acids is 2. The standard InChI is InChI=1S/C10H18O4/c1-4-5-6-14-10(12)8(2)7-9(11)13-3/h8H,4-7H2,1-3H3. The molecule has 14 heavy (non-hydrogen) atoms. The SMILES string of the molecule is CCCCOC(=O)C(C)CC(=O)OC. The Kier molecular flexibility index (Phi) is 6.80. The maximum Gasteiger partial charge on any atom is 0.309 e. The van der Waals surface area contributed by atoms with Gasteiger partial charge in [-0.25, -0.2) is 0 Å². The topological polar surface area (TPSA) is 52.6 Å². The van der Waals surface area contributed by atoms with Crippen LogP contribution in [0.15, 0.2) is 0 Å². The Morgan fingerprint density at radius 3 is 2.50 bits per heavy atom. The molecule has 0 N–H and O–H groups in total. The molecule has 0 saturated carbocycles. The van der Waals surface area contributed by atoms with E-state index < -0.39 is 5.92 Å². The third kappa shape index (κ3) is 5.56. The number of ether oxygens (including phenoxy) is 2. The zero-order valence-corrected chi connectivity index (χ0v) is 9.04. The fourth-order valence-corrected chi connectivity index (χ4v) is 0.876. The number of hydrogen-bond donors (Lipinski definition) is 0. The van der Waals surface area contributed by atoms with E-state index in [-0.39, 0.29) is 18.4 Å². The van der Waals surface area contributed by atoms with Crippen molar-refractivity contribution in [1.82, 2.24) is 0 Å². The summed E-state index contributed by atoms with van der Waals surface area (Å²) in [6.07, 6.45) is 1.93. The molecule has 82 valence electrons. The molecule has 0 aliphatic heterocycles. The maximum atomic E-state index is 11.2. The van der Waals surface area contributed by atoms with Crippen LogP contribution in [0.3, 0.4) is 0 Å². The van der Waals surface area contributed by atoms with E-state index in [1.165, 1.54) is 7.11 Å². The second kappa shape index (κ2) is 7.35. The summed E-state index contributed by atoms with van der Waals surface area (Å²) in [5, 5.41) is 0. The van der Waals surface area contributed by atoms with E-state index in [1.807, 2.05) is 6.92 Å². The lowest BCUT2D eigenvalue weighted by Gasteiger charge is -2.09. The minimum atomic E-state index is -0.417. The number of rotatable bonds is 6. The van der Waals surface area contributed by atoms with Crippen molar-refractivity contribution in [3.05, 3.63) is 0 Å². The molecular weight excluding hydrogens is 184 g/mol. The fraction of sp³-hybridized carbons (Fsp3) is 0.800. The van der Waals surface area contributed by atoms with Crippen LogP contribution in [0.5, 0.6) is 0 Å². The lowest BCUT2D eigenvalue weighted by atomic mass is 10.1. The summed E-state index contributed by atoms with van der Waals surface area (Å²) in [5.74, 6) is -1.13. The zero-order chi connectivity index (χ0) is 11.0. The maximum absolute atomic E-state index is 11.2. The minimum absolute atomic E-state index is 0.0848. The molecule has 1 atom stereocenters. The molecule has 4 heteroatoms. The Balaban J connectivity index is 3.70. The average molecular weight is 202 g/mol. The number of hydrogen-bond acceptors (Lipinski definition) is 4. The van der Waals surface area contributed by atoms with Crippen LogP contribution >= 0.6 is 0 Å². The summed E-state index contributed by atoms with van der Waals surface area (Å²) in [6, 6.07) is 0. The van der Waals surface area contributed by atoms with Gasteiger partial charge in [-0.05, 0) is 6.42 Å². The van der Waals surface area contributed by atoms with Crippen LogP contribution in [0.25, 0.3) is 0 Å². The van der Waals surface area contributed by atoms with E-state index in [0.717, 1.165) is 12.8 Å². The Morgan fingerprint density at radius 2 is 2.00 bits per heavy atom. The van der Waals surface area contributed by atoms with Gasteiger partial charge in [-0.1, -0.05) is 20.3 Å². The molecule has 0 amide bonds. The van der Waals surface area contributed by atoms with Crippen LogP contribution in [0.1, 0.15) is 33.1 Å². The molecule has 0 fully saturated rings. The largest absolute Gasteiger partial charge is 0.469 e. The minimum Gasteiger partial charge on any atom is -0.469 e. The smallest absolute Gasteiger partial charge is 0.309 e. The van der Waals surface area contributed by atoms with Crippen molar-refractivity contribution in [2.45, 2.75) is 33.1 Å². The van der Waals surface area contributed by atoms with Crippen LogP contribution in [0.4, 0.5) is 0 Å². The van der Waals surface area contributed by atoms with Crippen molar-refractivity contribution in [2.75, 3.05) is 13.7 Å². The summed E-state index contributed by atoms with van der Waals surface area (Å²) in [5.41, 5.74) is 0. The summed E-state index contributed by atoms with van der Waals surface area (Å²) in [7, 11) is 1.30. The predicted molar refractivity (Wildman–Crippen MR) is 51.7 cm³/mol. The molecule has 0 aliphatic rings. The van der Waals surface area contributed by atoms with Crippen molar-refractivity contribution < 1.29 is 19.1 Å². The molecule has 0 saturated heterocycles. The van der Waals surface area contributed by atoms with E-state index in [2.05, 4.69) is 4.74 Å². The highest BCUT2D eigenvalue weighted by Gasteiger charge is 2.18. The molecule has 0 bridgehead atoms. The lowest BCUT2D eigenvalue weighted by Crippen LogP contribution is -2.19. The monoisotopic (exact) mass is 202 g/mol.